The molecule has 0 amide bonds. The van der Waals surface area contributed by atoms with Crippen LogP contribution in [-0.2, 0) is 6.42 Å². The van der Waals surface area contributed by atoms with Gasteiger partial charge in [-0.2, -0.15) is 0 Å². The Morgan fingerprint density at radius 1 is 1.40 bits per heavy atom. The molecule has 0 bridgehead atoms. The van der Waals surface area contributed by atoms with Gasteiger partial charge in [0, 0.05) is 6.04 Å². The maximum absolute atomic E-state index is 6.24. The van der Waals surface area contributed by atoms with Crippen LogP contribution in [0, 0.1) is 0 Å². The highest BCUT2D eigenvalue weighted by molar-refractivity contribution is 6.33. The van der Waals surface area contributed by atoms with Gasteiger partial charge in [0.15, 0.2) is 11.5 Å². The number of ether oxygens (including phenoxy) is 2. The molecule has 0 fully saturated rings. The summed E-state index contributed by atoms with van der Waals surface area (Å²) < 4.78 is 10.5. The van der Waals surface area contributed by atoms with Crippen molar-refractivity contribution >= 4 is 11.6 Å². The first kappa shape index (κ1) is 10.6. The molecule has 0 aliphatic heterocycles. The lowest BCUT2D eigenvalue weighted by Gasteiger charge is -2.14. The lowest BCUT2D eigenvalue weighted by atomic mass is 10.1. The van der Waals surface area contributed by atoms with Crippen LogP contribution in [0.2, 0.25) is 5.02 Å². The van der Waals surface area contributed by atoms with Gasteiger partial charge in [-0.05, 0) is 30.0 Å². The Balaban J connectivity index is 2.61. The standard InChI is InChI=1S/C11H14ClNO2/c1-14-9-5-7-6(3-4-8(7)13)10(12)11(9)15-2/h5,8H,3-4,13H2,1-2H3. The average Bonchev–Trinajstić information content (AvgIpc) is 2.60. The summed E-state index contributed by atoms with van der Waals surface area (Å²) in [6.07, 6.45) is 1.85. The van der Waals surface area contributed by atoms with Gasteiger partial charge < -0.3 is 15.2 Å². The fourth-order valence-electron chi connectivity index (χ4n) is 2.05. The molecule has 0 radical (unpaired) electrons. The molecule has 2 rings (SSSR count). The summed E-state index contributed by atoms with van der Waals surface area (Å²) in [6.45, 7) is 0. The van der Waals surface area contributed by atoms with Crippen LogP contribution >= 0.6 is 11.6 Å². The quantitative estimate of drug-likeness (QED) is 0.843. The molecule has 1 atom stereocenters. The SMILES string of the molecule is COc1cc2c(c(Cl)c1OC)CCC2N. The van der Waals surface area contributed by atoms with E-state index in [2.05, 4.69) is 0 Å². The molecule has 1 aliphatic rings. The largest absolute Gasteiger partial charge is 0.493 e. The zero-order chi connectivity index (χ0) is 11.0. The van der Waals surface area contributed by atoms with Gasteiger partial charge in [0.25, 0.3) is 0 Å². The molecule has 0 saturated carbocycles. The number of hydrogen-bond donors (Lipinski definition) is 1. The monoisotopic (exact) mass is 227 g/mol. The number of hydrogen-bond acceptors (Lipinski definition) is 3. The lowest BCUT2D eigenvalue weighted by molar-refractivity contribution is 0.354. The molecule has 2 N–H and O–H groups in total. The minimum atomic E-state index is 0.0670. The van der Waals surface area contributed by atoms with Crippen LogP contribution < -0.4 is 15.2 Å². The second-order valence-corrected chi connectivity index (χ2v) is 4.02. The Bertz CT molecular complexity index is 389. The van der Waals surface area contributed by atoms with Crippen molar-refractivity contribution in [2.24, 2.45) is 5.73 Å². The van der Waals surface area contributed by atoms with Gasteiger partial charge in [0.1, 0.15) is 0 Å². The molecule has 1 aromatic rings. The van der Waals surface area contributed by atoms with Gasteiger partial charge >= 0.3 is 0 Å². The van der Waals surface area contributed by atoms with Crippen LogP contribution in [0.25, 0.3) is 0 Å². The van der Waals surface area contributed by atoms with Crippen molar-refractivity contribution in [1.82, 2.24) is 0 Å². The first-order valence-electron chi connectivity index (χ1n) is 4.87. The van der Waals surface area contributed by atoms with Crippen molar-refractivity contribution in [3.63, 3.8) is 0 Å². The van der Waals surface area contributed by atoms with Crippen LogP contribution in [0.4, 0.5) is 0 Å². The maximum Gasteiger partial charge on any atom is 0.179 e. The molecule has 1 aromatic carbocycles. The van der Waals surface area contributed by atoms with Crippen LogP contribution in [0.15, 0.2) is 6.07 Å². The highest BCUT2D eigenvalue weighted by Crippen LogP contribution is 2.45. The summed E-state index contributed by atoms with van der Waals surface area (Å²) in [5.41, 5.74) is 8.16. The zero-order valence-corrected chi connectivity index (χ0v) is 9.60. The topological polar surface area (TPSA) is 44.5 Å². The van der Waals surface area contributed by atoms with Crippen LogP contribution in [0.3, 0.4) is 0 Å². The number of nitrogens with two attached hydrogens (primary N) is 1. The maximum atomic E-state index is 6.24. The third kappa shape index (κ3) is 1.56. The van der Waals surface area contributed by atoms with Crippen molar-refractivity contribution in [2.75, 3.05) is 14.2 Å². The fourth-order valence-corrected chi connectivity index (χ4v) is 2.42. The van der Waals surface area contributed by atoms with E-state index in [0.717, 1.165) is 24.0 Å². The van der Waals surface area contributed by atoms with E-state index in [1.54, 1.807) is 14.2 Å². The summed E-state index contributed by atoms with van der Waals surface area (Å²) in [5, 5.41) is 0.639. The normalized spacial score (nSPS) is 18.8. The molecule has 82 valence electrons. The van der Waals surface area contributed by atoms with Crippen LogP contribution in [0.1, 0.15) is 23.6 Å². The van der Waals surface area contributed by atoms with Gasteiger partial charge in [0.05, 0.1) is 19.2 Å². The van der Waals surface area contributed by atoms with E-state index < -0.39 is 0 Å². The first-order valence-corrected chi connectivity index (χ1v) is 5.25. The molecule has 0 aromatic heterocycles. The van der Waals surface area contributed by atoms with Crippen molar-refractivity contribution in [1.29, 1.82) is 0 Å². The third-order valence-corrected chi connectivity index (χ3v) is 3.25. The molecule has 0 saturated heterocycles. The van der Waals surface area contributed by atoms with Gasteiger partial charge in [-0.3, -0.25) is 0 Å². The van der Waals surface area contributed by atoms with E-state index >= 15 is 0 Å². The summed E-state index contributed by atoms with van der Waals surface area (Å²) in [5.74, 6) is 1.26. The van der Waals surface area contributed by atoms with E-state index in [1.807, 2.05) is 6.07 Å². The highest BCUT2D eigenvalue weighted by Gasteiger charge is 2.26. The fraction of sp³-hybridized carbons (Fsp3) is 0.455. The molecule has 0 spiro atoms. The van der Waals surface area contributed by atoms with Crippen molar-refractivity contribution in [2.45, 2.75) is 18.9 Å². The zero-order valence-electron chi connectivity index (χ0n) is 8.84. The number of benzene rings is 1. The first-order chi connectivity index (χ1) is 7.19. The minimum Gasteiger partial charge on any atom is -0.493 e. The second kappa shape index (κ2) is 3.91. The molecule has 1 aliphatic carbocycles. The molecule has 15 heavy (non-hydrogen) atoms. The van der Waals surface area contributed by atoms with Crippen molar-refractivity contribution in [3.8, 4) is 11.5 Å². The molecule has 0 heterocycles. The predicted octanol–water partition coefficient (Wildman–Crippen LogP) is 2.30. The number of halogens is 1. The lowest BCUT2D eigenvalue weighted by Crippen LogP contribution is -2.06. The Hall–Kier alpha value is -0.930. The Labute approximate surface area is 94.1 Å². The highest BCUT2D eigenvalue weighted by atomic mass is 35.5. The predicted molar refractivity (Wildman–Crippen MR) is 59.8 cm³/mol. The molecule has 1 unspecified atom stereocenters. The number of rotatable bonds is 2. The average molecular weight is 228 g/mol. The van der Waals surface area contributed by atoms with E-state index in [4.69, 9.17) is 26.8 Å². The molecular formula is C11H14ClNO2. The molecule has 3 nitrogen and oxygen atoms in total. The van der Waals surface area contributed by atoms with Crippen molar-refractivity contribution < 1.29 is 9.47 Å². The Morgan fingerprint density at radius 3 is 2.73 bits per heavy atom. The van der Waals surface area contributed by atoms with Gasteiger partial charge in [-0.25, -0.2) is 0 Å². The smallest absolute Gasteiger partial charge is 0.179 e. The summed E-state index contributed by atoms with van der Waals surface area (Å²) in [4.78, 5) is 0. The van der Waals surface area contributed by atoms with E-state index in [1.165, 1.54) is 0 Å². The Kier molecular flexibility index (Phi) is 2.76. The van der Waals surface area contributed by atoms with E-state index in [9.17, 15) is 0 Å². The number of methoxy groups -OCH3 is 2. The second-order valence-electron chi connectivity index (χ2n) is 3.64. The minimum absolute atomic E-state index is 0.0670. The van der Waals surface area contributed by atoms with Gasteiger partial charge in [-0.1, -0.05) is 11.6 Å². The van der Waals surface area contributed by atoms with E-state index in [0.29, 0.717) is 16.5 Å². The molecular weight excluding hydrogens is 214 g/mol. The van der Waals surface area contributed by atoms with Gasteiger partial charge in [-0.15, -0.1) is 0 Å². The Morgan fingerprint density at radius 2 is 2.13 bits per heavy atom. The summed E-state index contributed by atoms with van der Waals surface area (Å²) in [7, 11) is 3.19. The summed E-state index contributed by atoms with van der Waals surface area (Å²) >= 11 is 6.24. The van der Waals surface area contributed by atoms with Gasteiger partial charge in [0.2, 0.25) is 0 Å². The van der Waals surface area contributed by atoms with Crippen LogP contribution in [-0.4, -0.2) is 14.2 Å². The van der Waals surface area contributed by atoms with E-state index in [-0.39, 0.29) is 6.04 Å². The summed E-state index contributed by atoms with van der Waals surface area (Å²) in [6, 6.07) is 2.00. The van der Waals surface area contributed by atoms with Crippen molar-refractivity contribution in [3.05, 3.63) is 22.2 Å². The molecule has 4 heteroatoms. The number of fused-ring (bicyclic) bond motifs is 1. The van der Waals surface area contributed by atoms with Crippen LogP contribution in [0.5, 0.6) is 11.5 Å². The third-order valence-electron chi connectivity index (χ3n) is 2.85.